The Morgan fingerprint density at radius 3 is 2.22 bits per heavy atom. The van der Waals surface area contributed by atoms with E-state index in [1.54, 1.807) is 13.0 Å². The topological polar surface area (TPSA) is 88.5 Å². The maximum atomic E-state index is 13.5. The normalized spacial score (nSPS) is 30.8. The quantitative estimate of drug-likeness (QED) is 0.138. The highest BCUT2D eigenvalue weighted by molar-refractivity contribution is 6.74. The Bertz CT molecular complexity index is 1010. The number of ether oxygens (including phenoxy) is 2. The fraction of sp³-hybridized carbons (Fsp3) is 0.833. The number of carbonyl (C=O) groups excluding carboxylic acids is 2. The lowest BCUT2D eigenvalue weighted by molar-refractivity contribution is -0.151. The van der Waals surface area contributed by atoms with E-state index in [-0.39, 0.29) is 41.5 Å². The van der Waals surface area contributed by atoms with Gasteiger partial charge in [-0.25, -0.2) is 4.79 Å². The van der Waals surface area contributed by atoms with Gasteiger partial charge < -0.3 is 23.9 Å². The van der Waals surface area contributed by atoms with Gasteiger partial charge in [0.05, 0.1) is 18.6 Å². The molecular formula is C36H64N2O6Si. The Labute approximate surface area is 275 Å². The molecule has 6 atom stereocenters. The Kier molecular flexibility index (Phi) is 14.2. The van der Waals surface area contributed by atoms with Crippen LogP contribution in [0.4, 0.5) is 4.79 Å². The van der Waals surface area contributed by atoms with Gasteiger partial charge in [-0.1, -0.05) is 72.5 Å². The number of hydrogen-bond donors (Lipinski definition) is 1. The molecule has 4 unspecified atom stereocenters. The summed E-state index contributed by atoms with van der Waals surface area (Å²) in [5.74, 6) is -0.431. The third-order valence-corrected chi connectivity index (χ3v) is 15.1. The van der Waals surface area contributed by atoms with E-state index in [2.05, 4.69) is 45.7 Å². The van der Waals surface area contributed by atoms with Gasteiger partial charge in [0.2, 0.25) is 0 Å². The van der Waals surface area contributed by atoms with E-state index in [9.17, 15) is 14.7 Å². The van der Waals surface area contributed by atoms with Crippen molar-refractivity contribution in [3.05, 3.63) is 23.8 Å². The standard InChI is InChI=1S/C36H64N2O6Si/c1-26-16-18-31(44-45(8,9)36(5,6)7)25-33(40)43-34(28(3)24-29(4)39)27(2)17-19-32(26)42-35(41)38-22-20-37(21-23-38)30-14-12-10-11-13-15-30/h17,19,24,26-27,29-32,34,39H,10-16,18,20-23,25H2,1-9H3/b19-17+,28-24+/t26?,27?,29?,31?,32-,34-/m0/s1. The van der Waals surface area contributed by atoms with Crippen LogP contribution in [0.1, 0.15) is 106 Å². The summed E-state index contributed by atoms with van der Waals surface area (Å²) in [6.45, 7) is 21.9. The van der Waals surface area contributed by atoms with Gasteiger partial charge in [0.25, 0.3) is 0 Å². The third kappa shape index (κ3) is 11.5. The van der Waals surface area contributed by atoms with Crippen molar-refractivity contribution in [1.29, 1.82) is 0 Å². The zero-order valence-corrected chi connectivity index (χ0v) is 30.8. The number of nitrogens with zero attached hydrogens (tertiary/aromatic N) is 2. The number of rotatable bonds is 6. The van der Waals surface area contributed by atoms with E-state index in [0.717, 1.165) is 25.1 Å². The minimum atomic E-state index is -2.16. The predicted octanol–water partition coefficient (Wildman–Crippen LogP) is 7.47. The molecule has 1 amide bonds. The Morgan fingerprint density at radius 2 is 1.64 bits per heavy atom. The SMILES string of the molecule is C/C(=C\C(C)O)[C@H]1OC(=O)CC(O[Si](C)(C)C(C)(C)C)CCC(C)[C@@H](OC(=O)N2CCN(C3CCCCCC3)CC2)/C=C/C1C. The molecule has 0 bridgehead atoms. The largest absolute Gasteiger partial charge is 0.457 e. The molecule has 258 valence electrons. The smallest absolute Gasteiger partial charge is 0.410 e. The Morgan fingerprint density at radius 1 is 1.02 bits per heavy atom. The highest BCUT2D eigenvalue weighted by atomic mass is 28.4. The first-order valence-electron chi connectivity index (χ1n) is 17.7. The summed E-state index contributed by atoms with van der Waals surface area (Å²) in [5.41, 5.74) is 0.794. The Hall–Kier alpha value is -1.68. The molecule has 1 saturated carbocycles. The molecule has 3 aliphatic rings. The number of aliphatic hydroxyl groups is 1. The lowest BCUT2D eigenvalue weighted by Gasteiger charge is -2.40. The van der Waals surface area contributed by atoms with Gasteiger partial charge in [-0.05, 0) is 75.2 Å². The number of aliphatic hydroxyl groups excluding tert-OH is 1. The molecule has 8 nitrogen and oxygen atoms in total. The van der Waals surface area contributed by atoms with Crippen LogP contribution in [0, 0.1) is 11.8 Å². The van der Waals surface area contributed by atoms with Crippen molar-refractivity contribution in [1.82, 2.24) is 9.80 Å². The minimum absolute atomic E-state index is 0.000874. The number of hydrogen-bond acceptors (Lipinski definition) is 7. The van der Waals surface area contributed by atoms with E-state index in [4.69, 9.17) is 13.9 Å². The lowest BCUT2D eigenvalue weighted by Crippen LogP contribution is -2.52. The van der Waals surface area contributed by atoms with Crippen LogP contribution < -0.4 is 0 Å². The fourth-order valence-electron chi connectivity index (χ4n) is 6.69. The second-order valence-electron chi connectivity index (χ2n) is 15.6. The van der Waals surface area contributed by atoms with Gasteiger partial charge in [-0.2, -0.15) is 0 Å². The Balaban J connectivity index is 1.78. The molecule has 1 aliphatic carbocycles. The van der Waals surface area contributed by atoms with E-state index in [0.29, 0.717) is 25.6 Å². The highest BCUT2D eigenvalue weighted by Gasteiger charge is 2.40. The van der Waals surface area contributed by atoms with Crippen LogP contribution in [0.5, 0.6) is 0 Å². The molecule has 3 rings (SSSR count). The number of carbonyl (C=O) groups is 2. The first-order valence-corrected chi connectivity index (χ1v) is 20.6. The van der Waals surface area contributed by atoms with Crippen molar-refractivity contribution in [3.8, 4) is 0 Å². The second-order valence-corrected chi connectivity index (χ2v) is 20.3. The first-order chi connectivity index (χ1) is 21.1. The maximum Gasteiger partial charge on any atom is 0.410 e. The molecule has 45 heavy (non-hydrogen) atoms. The second kappa shape index (κ2) is 16.9. The van der Waals surface area contributed by atoms with Crippen molar-refractivity contribution < 1.29 is 28.6 Å². The average Bonchev–Trinajstić information content (AvgIpc) is 3.24. The van der Waals surface area contributed by atoms with Crippen LogP contribution in [-0.4, -0.2) is 91.9 Å². The van der Waals surface area contributed by atoms with Gasteiger partial charge in [0.15, 0.2) is 8.32 Å². The molecule has 0 aromatic heterocycles. The average molecular weight is 649 g/mol. The van der Waals surface area contributed by atoms with Crippen molar-refractivity contribution in [2.45, 2.75) is 155 Å². The molecule has 1 N–H and O–H groups in total. The van der Waals surface area contributed by atoms with Crippen LogP contribution in [0.3, 0.4) is 0 Å². The molecule has 2 heterocycles. The zero-order valence-electron chi connectivity index (χ0n) is 29.8. The molecule has 9 heteroatoms. The number of esters is 1. The van der Waals surface area contributed by atoms with Crippen molar-refractivity contribution >= 4 is 20.4 Å². The predicted molar refractivity (Wildman–Crippen MR) is 184 cm³/mol. The van der Waals surface area contributed by atoms with Crippen molar-refractivity contribution in [3.63, 3.8) is 0 Å². The number of amides is 1. The van der Waals surface area contributed by atoms with Gasteiger partial charge in [-0.3, -0.25) is 9.69 Å². The number of piperazine rings is 1. The molecule has 2 aliphatic heterocycles. The van der Waals surface area contributed by atoms with Crippen molar-refractivity contribution in [2.75, 3.05) is 26.2 Å². The summed E-state index contributed by atoms with van der Waals surface area (Å²) in [6, 6.07) is 0.649. The van der Waals surface area contributed by atoms with Gasteiger partial charge in [0.1, 0.15) is 12.2 Å². The minimum Gasteiger partial charge on any atom is -0.457 e. The van der Waals surface area contributed by atoms with E-state index in [1.807, 2.05) is 30.9 Å². The maximum absolute atomic E-state index is 13.5. The van der Waals surface area contributed by atoms with Crippen LogP contribution in [0.25, 0.3) is 0 Å². The molecule has 1 saturated heterocycles. The summed E-state index contributed by atoms with van der Waals surface area (Å²) in [5, 5.41) is 10.0. The van der Waals surface area contributed by atoms with Gasteiger partial charge in [-0.15, -0.1) is 0 Å². The lowest BCUT2D eigenvalue weighted by atomic mass is 9.92. The molecular weight excluding hydrogens is 584 g/mol. The van der Waals surface area contributed by atoms with Crippen LogP contribution in [0.15, 0.2) is 23.8 Å². The van der Waals surface area contributed by atoms with Crippen LogP contribution >= 0.6 is 0 Å². The van der Waals surface area contributed by atoms with E-state index < -0.39 is 26.6 Å². The van der Waals surface area contributed by atoms with E-state index in [1.165, 1.54) is 38.5 Å². The molecule has 0 aromatic carbocycles. The van der Waals surface area contributed by atoms with Crippen LogP contribution in [0.2, 0.25) is 18.1 Å². The summed E-state index contributed by atoms with van der Waals surface area (Å²) >= 11 is 0. The fourth-order valence-corrected chi connectivity index (χ4v) is 8.08. The van der Waals surface area contributed by atoms with Crippen LogP contribution in [-0.2, 0) is 18.7 Å². The molecule has 0 spiro atoms. The molecule has 0 aromatic rings. The highest BCUT2D eigenvalue weighted by Crippen LogP contribution is 2.39. The summed E-state index contributed by atoms with van der Waals surface area (Å²) in [7, 11) is -2.16. The van der Waals surface area contributed by atoms with E-state index >= 15 is 0 Å². The van der Waals surface area contributed by atoms with Crippen molar-refractivity contribution in [2.24, 2.45) is 11.8 Å². The van der Waals surface area contributed by atoms with Gasteiger partial charge in [0, 0.05) is 38.1 Å². The third-order valence-electron chi connectivity index (χ3n) is 10.6. The molecule has 0 radical (unpaired) electrons. The summed E-state index contributed by atoms with van der Waals surface area (Å²) in [4.78, 5) is 31.3. The first kappa shape index (κ1) is 37.8. The monoisotopic (exact) mass is 648 g/mol. The summed E-state index contributed by atoms with van der Waals surface area (Å²) in [6.07, 6.45) is 13.0. The molecule has 2 fully saturated rings. The zero-order chi connectivity index (χ0) is 33.4. The summed E-state index contributed by atoms with van der Waals surface area (Å²) < 4.78 is 19.1. The van der Waals surface area contributed by atoms with Gasteiger partial charge >= 0.3 is 12.1 Å². The number of cyclic esters (lactones) is 1.